The summed E-state index contributed by atoms with van der Waals surface area (Å²) in [5.74, 6) is 2.49. The SMILES string of the molecule is O=C(O)C(NC1C2CC3CC(C2)CC1C3)c1ccccc1. The van der Waals surface area contributed by atoms with Crippen molar-refractivity contribution in [2.45, 2.75) is 44.2 Å². The Labute approximate surface area is 125 Å². The van der Waals surface area contributed by atoms with E-state index in [1.807, 2.05) is 30.3 Å². The van der Waals surface area contributed by atoms with Crippen LogP contribution in [0.5, 0.6) is 0 Å². The van der Waals surface area contributed by atoms with Gasteiger partial charge in [-0.1, -0.05) is 30.3 Å². The third-order valence-electron chi connectivity index (χ3n) is 5.97. The zero-order valence-electron chi connectivity index (χ0n) is 12.2. The van der Waals surface area contributed by atoms with Gasteiger partial charge in [-0.2, -0.15) is 0 Å². The van der Waals surface area contributed by atoms with Crippen LogP contribution in [0.15, 0.2) is 30.3 Å². The minimum atomic E-state index is -0.755. The highest BCUT2D eigenvalue weighted by molar-refractivity contribution is 5.75. The molecule has 1 aromatic rings. The molecule has 4 aliphatic rings. The fraction of sp³-hybridized carbons (Fsp3) is 0.611. The summed E-state index contributed by atoms with van der Waals surface area (Å²) in [4.78, 5) is 11.7. The van der Waals surface area contributed by atoms with Gasteiger partial charge >= 0.3 is 5.97 Å². The van der Waals surface area contributed by atoms with E-state index in [0.29, 0.717) is 17.9 Å². The van der Waals surface area contributed by atoms with E-state index in [4.69, 9.17) is 0 Å². The molecule has 0 spiro atoms. The first-order chi connectivity index (χ1) is 10.2. The van der Waals surface area contributed by atoms with E-state index >= 15 is 0 Å². The number of aliphatic carboxylic acids is 1. The van der Waals surface area contributed by atoms with E-state index in [1.54, 1.807) is 0 Å². The maximum absolute atomic E-state index is 11.7. The average molecular weight is 285 g/mol. The number of rotatable bonds is 4. The third-order valence-corrected chi connectivity index (χ3v) is 5.97. The van der Waals surface area contributed by atoms with Crippen molar-refractivity contribution in [3.63, 3.8) is 0 Å². The first kappa shape index (κ1) is 13.3. The Kier molecular flexibility index (Phi) is 3.26. The number of carboxylic acids is 1. The maximum Gasteiger partial charge on any atom is 0.325 e. The van der Waals surface area contributed by atoms with Gasteiger partial charge in [0.2, 0.25) is 0 Å². The van der Waals surface area contributed by atoms with E-state index in [2.05, 4.69) is 5.32 Å². The van der Waals surface area contributed by atoms with Gasteiger partial charge in [-0.25, -0.2) is 0 Å². The maximum atomic E-state index is 11.7. The normalized spacial score (nSPS) is 38.4. The Morgan fingerprint density at radius 1 is 1.00 bits per heavy atom. The summed E-state index contributed by atoms with van der Waals surface area (Å²) in [5.41, 5.74) is 0.874. The minimum Gasteiger partial charge on any atom is -0.480 e. The van der Waals surface area contributed by atoms with E-state index in [9.17, 15) is 9.90 Å². The van der Waals surface area contributed by atoms with Crippen molar-refractivity contribution in [2.75, 3.05) is 0 Å². The molecule has 21 heavy (non-hydrogen) atoms. The summed E-state index contributed by atoms with van der Waals surface area (Å²) in [7, 11) is 0. The van der Waals surface area contributed by atoms with E-state index in [0.717, 1.165) is 17.4 Å². The van der Waals surface area contributed by atoms with Gasteiger partial charge in [-0.3, -0.25) is 10.1 Å². The molecular weight excluding hydrogens is 262 g/mol. The molecule has 3 nitrogen and oxygen atoms in total. The Morgan fingerprint density at radius 2 is 1.57 bits per heavy atom. The molecule has 4 fully saturated rings. The van der Waals surface area contributed by atoms with Gasteiger partial charge < -0.3 is 5.11 Å². The molecule has 4 saturated carbocycles. The summed E-state index contributed by atoms with van der Waals surface area (Å²) in [6.45, 7) is 0. The Hall–Kier alpha value is -1.35. The number of carboxylic acid groups (broad SMARTS) is 1. The molecule has 2 N–H and O–H groups in total. The second-order valence-corrected chi connectivity index (χ2v) is 7.31. The highest BCUT2D eigenvalue weighted by atomic mass is 16.4. The number of hydrogen-bond donors (Lipinski definition) is 2. The molecule has 3 heteroatoms. The van der Waals surface area contributed by atoms with Crippen molar-refractivity contribution in [1.82, 2.24) is 5.32 Å². The number of hydrogen-bond acceptors (Lipinski definition) is 2. The van der Waals surface area contributed by atoms with Gasteiger partial charge in [0.1, 0.15) is 6.04 Å². The predicted octanol–water partition coefficient (Wildman–Crippen LogP) is 3.23. The summed E-state index contributed by atoms with van der Waals surface area (Å²) in [5, 5.41) is 13.1. The van der Waals surface area contributed by atoms with Crippen molar-refractivity contribution in [3.05, 3.63) is 35.9 Å². The Balaban J connectivity index is 1.55. The lowest BCUT2D eigenvalue weighted by Gasteiger charge is -2.55. The quantitative estimate of drug-likeness (QED) is 0.893. The lowest BCUT2D eigenvalue weighted by molar-refractivity contribution is -0.140. The predicted molar refractivity (Wildman–Crippen MR) is 80.8 cm³/mol. The zero-order valence-corrected chi connectivity index (χ0v) is 12.2. The molecular formula is C18H23NO2. The van der Waals surface area contributed by atoms with Crippen LogP contribution < -0.4 is 5.32 Å². The molecule has 4 bridgehead atoms. The highest BCUT2D eigenvalue weighted by Crippen LogP contribution is 2.54. The molecule has 0 heterocycles. The summed E-state index contributed by atoms with van der Waals surface area (Å²) >= 11 is 0. The van der Waals surface area contributed by atoms with Crippen LogP contribution in [0.2, 0.25) is 0 Å². The number of benzene rings is 1. The Bertz CT molecular complexity index is 499. The van der Waals surface area contributed by atoms with E-state index < -0.39 is 12.0 Å². The van der Waals surface area contributed by atoms with Crippen LogP contribution in [0.3, 0.4) is 0 Å². The second kappa shape index (κ2) is 5.13. The van der Waals surface area contributed by atoms with Gasteiger partial charge in [-0.15, -0.1) is 0 Å². The molecule has 5 rings (SSSR count). The van der Waals surface area contributed by atoms with Crippen LogP contribution in [0.4, 0.5) is 0 Å². The molecule has 4 aliphatic carbocycles. The summed E-state index contributed by atoms with van der Waals surface area (Å²) in [6, 6.07) is 9.45. The average Bonchev–Trinajstić information content (AvgIpc) is 2.46. The lowest BCUT2D eigenvalue weighted by atomic mass is 9.54. The van der Waals surface area contributed by atoms with Crippen LogP contribution in [0, 0.1) is 23.7 Å². The van der Waals surface area contributed by atoms with Gasteiger partial charge in [0.05, 0.1) is 0 Å². The minimum absolute atomic E-state index is 0.402. The van der Waals surface area contributed by atoms with Crippen molar-refractivity contribution >= 4 is 5.97 Å². The molecule has 1 atom stereocenters. The topological polar surface area (TPSA) is 49.3 Å². The van der Waals surface area contributed by atoms with Crippen molar-refractivity contribution < 1.29 is 9.90 Å². The summed E-state index contributed by atoms with van der Waals surface area (Å²) in [6.07, 6.45) is 6.68. The van der Waals surface area contributed by atoms with Gasteiger partial charge in [0, 0.05) is 6.04 Å². The molecule has 112 valence electrons. The molecule has 0 aliphatic heterocycles. The molecule has 1 unspecified atom stereocenters. The van der Waals surface area contributed by atoms with Crippen LogP contribution >= 0.6 is 0 Å². The van der Waals surface area contributed by atoms with Gasteiger partial charge in [0.15, 0.2) is 0 Å². The second-order valence-electron chi connectivity index (χ2n) is 7.31. The van der Waals surface area contributed by atoms with Gasteiger partial charge in [-0.05, 0) is 61.3 Å². The fourth-order valence-electron chi connectivity index (χ4n) is 5.35. The molecule has 0 saturated heterocycles. The third kappa shape index (κ3) is 2.38. The molecule has 0 radical (unpaired) electrons. The standard InChI is InChI=1S/C18H23NO2/c20-18(21)17(13-4-2-1-3-5-13)19-16-14-7-11-6-12(9-14)10-15(16)8-11/h1-5,11-12,14-17,19H,6-10H2,(H,20,21). The fourth-order valence-corrected chi connectivity index (χ4v) is 5.35. The van der Waals surface area contributed by atoms with Crippen molar-refractivity contribution in [3.8, 4) is 0 Å². The van der Waals surface area contributed by atoms with Crippen molar-refractivity contribution in [2.24, 2.45) is 23.7 Å². The first-order valence-electron chi connectivity index (χ1n) is 8.24. The molecule has 0 aromatic heterocycles. The number of nitrogens with one attached hydrogen (secondary N) is 1. The lowest BCUT2D eigenvalue weighted by Crippen LogP contribution is -2.56. The molecule has 0 amide bonds. The van der Waals surface area contributed by atoms with Crippen LogP contribution in [0.25, 0.3) is 0 Å². The molecule has 1 aromatic carbocycles. The largest absolute Gasteiger partial charge is 0.480 e. The van der Waals surface area contributed by atoms with E-state index in [1.165, 1.54) is 32.1 Å². The first-order valence-corrected chi connectivity index (χ1v) is 8.24. The zero-order chi connectivity index (χ0) is 14.4. The van der Waals surface area contributed by atoms with Crippen LogP contribution in [-0.2, 0) is 4.79 Å². The summed E-state index contributed by atoms with van der Waals surface area (Å²) < 4.78 is 0. The smallest absolute Gasteiger partial charge is 0.325 e. The van der Waals surface area contributed by atoms with Crippen LogP contribution in [0.1, 0.15) is 43.7 Å². The van der Waals surface area contributed by atoms with Crippen molar-refractivity contribution in [1.29, 1.82) is 0 Å². The monoisotopic (exact) mass is 285 g/mol. The van der Waals surface area contributed by atoms with Crippen LogP contribution in [-0.4, -0.2) is 17.1 Å². The Morgan fingerprint density at radius 3 is 2.10 bits per heavy atom. The number of carbonyl (C=O) groups is 1. The highest BCUT2D eigenvalue weighted by Gasteiger charge is 2.48. The van der Waals surface area contributed by atoms with E-state index in [-0.39, 0.29) is 0 Å². The van der Waals surface area contributed by atoms with Gasteiger partial charge in [0.25, 0.3) is 0 Å².